The number of carbonyl (C=O) groups excluding carboxylic acids is 2. The first-order chi connectivity index (χ1) is 8.61. The van der Waals surface area contributed by atoms with E-state index in [1.807, 2.05) is 12.1 Å². The number of rotatable bonds is 4. The second kappa shape index (κ2) is 7.48. The highest BCUT2D eigenvalue weighted by molar-refractivity contribution is 5.81. The Morgan fingerprint density at radius 2 is 1.83 bits per heavy atom. The van der Waals surface area contributed by atoms with Crippen molar-refractivity contribution in [2.75, 3.05) is 6.54 Å². The summed E-state index contributed by atoms with van der Waals surface area (Å²) >= 11 is 0. The van der Waals surface area contributed by atoms with Crippen molar-refractivity contribution < 1.29 is 12.4 Å². The lowest BCUT2D eigenvalue weighted by molar-refractivity contribution is -0.125. The second-order valence-corrected chi connectivity index (χ2v) is 4.31. The van der Waals surface area contributed by atoms with Crippen LogP contribution in [0.25, 0.3) is 0 Å². The van der Waals surface area contributed by atoms with Crippen molar-refractivity contribution in [2.24, 2.45) is 5.73 Å². The van der Waals surface area contributed by atoms with Crippen molar-refractivity contribution in [3.63, 3.8) is 0 Å². The molecule has 0 atom stereocenters. The number of hydrogen-bond acceptors (Lipinski definition) is 2. The van der Waals surface area contributed by atoms with Crippen LogP contribution in [0.3, 0.4) is 0 Å². The predicted molar refractivity (Wildman–Crippen MR) is 75.2 cm³/mol. The topological polar surface area (TPSA) is 72.2 Å². The van der Waals surface area contributed by atoms with Gasteiger partial charge in [-0.3, -0.25) is 9.59 Å². The Bertz CT molecular complexity index is 402. The molecule has 1 heterocycles. The fourth-order valence-corrected chi connectivity index (χ4v) is 1.54. The summed E-state index contributed by atoms with van der Waals surface area (Å²) < 4.78 is 0. The van der Waals surface area contributed by atoms with E-state index >= 15 is 0 Å². The molecule has 1 aromatic carbocycles. The Balaban J connectivity index is 0. The molecule has 1 aliphatic heterocycles. The highest BCUT2D eigenvalue weighted by atomic mass is 16.2. The second-order valence-electron chi connectivity index (χ2n) is 4.31. The molecule has 0 bridgehead atoms. The van der Waals surface area contributed by atoms with E-state index in [9.17, 15) is 9.59 Å². The van der Waals surface area contributed by atoms with Gasteiger partial charge in [-0.25, -0.2) is 0 Å². The number of primary amides is 1. The van der Waals surface area contributed by atoms with Crippen molar-refractivity contribution in [2.45, 2.75) is 32.6 Å². The molecule has 0 spiro atoms. The lowest BCUT2D eigenvalue weighted by Gasteiger charge is -2.10. The maximum Gasteiger partial charge on any atom is 0.221 e. The molecule has 0 aromatic heterocycles. The molecule has 18 heavy (non-hydrogen) atoms. The number of benzene rings is 1. The van der Waals surface area contributed by atoms with Crippen molar-refractivity contribution >= 4 is 11.8 Å². The van der Waals surface area contributed by atoms with Gasteiger partial charge in [0.1, 0.15) is 0 Å². The highest BCUT2D eigenvalue weighted by Gasteiger charge is 2.07. The zero-order chi connectivity index (χ0) is 13.4. The van der Waals surface area contributed by atoms with Crippen LogP contribution in [0.4, 0.5) is 0 Å². The predicted octanol–water partition coefficient (Wildman–Crippen LogP) is 1.67. The van der Waals surface area contributed by atoms with Crippen LogP contribution >= 0.6 is 0 Å². The van der Waals surface area contributed by atoms with Crippen LogP contribution in [-0.2, 0) is 22.4 Å². The molecule has 0 unspecified atom stereocenters. The summed E-state index contributed by atoms with van der Waals surface area (Å²) in [5.41, 5.74) is 7.39. The molecule has 2 amide bonds. The van der Waals surface area contributed by atoms with E-state index in [1.165, 1.54) is 5.56 Å². The summed E-state index contributed by atoms with van der Waals surface area (Å²) in [6, 6.07) is 8.05. The monoisotopic (exact) mass is 252 g/mol. The van der Waals surface area contributed by atoms with Gasteiger partial charge in [0.2, 0.25) is 11.8 Å². The van der Waals surface area contributed by atoms with Crippen LogP contribution in [0.5, 0.6) is 0 Å². The lowest BCUT2D eigenvalue weighted by atomic mass is 10.1. The number of hydrogen-bond donors (Lipinski definition) is 2. The Morgan fingerprint density at radius 1 is 1.33 bits per heavy atom. The fraction of sp³-hybridized carbons (Fsp3) is 0.429. The van der Waals surface area contributed by atoms with Gasteiger partial charge < -0.3 is 11.1 Å². The average Bonchev–Trinajstić information content (AvgIpc) is 2.30. The summed E-state index contributed by atoms with van der Waals surface area (Å²) in [4.78, 5) is 20.4. The van der Waals surface area contributed by atoms with Gasteiger partial charge in [-0.1, -0.05) is 37.6 Å². The van der Waals surface area contributed by atoms with Gasteiger partial charge in [-0.15, -0.1) is 0 Å². The van der Waals surface area contributed by atoms with E-state index in [-0.39, 0.29) is 14.7 Å². The largest absolute Gasteiger partial charge is 0.369 e. The van der Waals surface area contributed by atoms with Crippen molar-refractivity contribution in [3.8, 4) is 0 Å². The van der Waals surface area contributed by atoms with Crippen LogP contribution in [0, 0.1) is 0 Å². The van der Waals surface area contributed by atoms with Crippen LogP contribution < -0.4 is 11.1 Å². The summed E-state index contributed by atoms with van der Waals surface area (Å²) in [7, 11) is 0. The maximum absolute atomic E-state index is 10.6. The third-order valence-corrected chi connectivity index (χ3v) is 2.61. The zero-order valence-electron chi connectivity index (χ0n) is 10.7. The number of nitrogens with one attached hydrogen (secondary N) is 1. The van der Waals surface area contributed by atoms with Gasteiger partial charge >= 0.3 is 0 Å². The smallest absolute Gasteiger partial charge is 0.221 e. The minimum Gasteiger partial charge on any atom is -0.369 e. The molecule has 2 rings (SSSR count). The van der Waals surface area contributed by atoms with Gasteiger partial charge in [0.15, 0.2) is 0 Å². The molecule has 1 saturated heterocycles. The van der Waals surface area contributed by atoms with E-state index in [0.29, 0.717) is 6.42 Å². The van der Waals surface area contributed by atoms with Crippen molar-refractivity contribution in [3.05, 3.63) is 35.4 Å². The van der Waals surface area contributed by atoms with Crippen LogP contribution in [0.1, 0.15) is 33.7 Å². The van der Waals surface area contributed by atoms with Crippen LogP contribution in [-0.4, -0.2) is 18.4 Å². The molecule has 3 N–H and O–H groups in total. The molecule has 1 fully saturated rings. The third kappa shape index (κ3) is 5.48. The Hall–Kier alpha value is -1.84. The van der Waals surface area contributed by atoms with E-state index < -0.39 is 0 Å². The SMILES string of the molecule is CCCc1ccc(CC(N)=O)cc1.O=C1CCN1.[HH].[HH]. The molecular weight excluding hydrogens is 228 g/mol. The Labute approximate surface area is 111 Å². The van der Waals surface area contributed by atoms with E-state index in [4.69, 9.17) is 5.73 Å². The van der Waals surface area contributed by atoms with E-state index in [1.54, 1.807) is 0 Å². The standard InChI is InChI=1S/C11H15NO.C3H5NO.2H2/c1-2-3-9-4-6-10(7-5-9)8-11(12)13;5-3-1-2-4-3;;/h4-7H,2-3,8H2,1H3,(H2,12,13);1-2H2,(H,4,5);2*1H. The minimum absolute atomic E-state index is 0. The van der Waals surface area contributed by atoms with Gasteiger partial charge in [-0.2, -0.15) is 0 Å². The molecular formula is C14H24N2O2. The van der Waals surface area contributed by atoms with Gasteiger partial charge in [-0.05, 0) is 17.5 Å². The van der Waals surface area contributed by atoms with E-state index in [2.05, 4.69) is 24.4 Å². The van der Waals surface area contributed by atoms with Gasteiger partial charge in [0.25, 0.3) is 0 Å². The first-order valence-corrected chi connectivity index (χ1v) is 6.24. The van der Waals surface area contributed by atoms with E-state index in [0.717, 1.165) is 31.4 Å². The first-order valence-electron chi connectivity index (χ1n) is 6.24. The first kappa shape index (κ1) is 14.2. The summed E-state index contributed by atoms with van der Waals surface area (Å²) in [6.07, 6.45) is 3.32. The highest BCUT2D eigenvalue weighted by Crippen LogP contribution is 2.06. The van der Waals surface area contributed by atoms with Crippen molar-refractivity contribution in [1.29, 1.82) is 0 Å². The van der Waals surface area contributed by atoms with Crippen LogP contribution in [0.2, 0.25) is 0 Å². The normalized spacial score (nSPS) is 12.8. The summed E-state index contributed by atoms with van der Waals surface area (Å²) in [5.74, 6) is -0.0896. The van der Waals surface area contributed by atoms with Crippen molar-refractivity contribution in [1.82, 2.24) is 5.32 Å². The molecule has 0 aliphatic carbocycles. The number of aryl methyl sites for hydroxylation is 1. The lowest BCUT2D eigenvalue weighted by Crippen LogP contribution is -2.37. The zero-order valence-corrected chi connectivity index (χ0v) is 10.7. The molecule has 1 aromatic rings. The fourth-order valence-electron chi connectivity index (χ4n) is 1.54. The molecule has 0 radical (unpaired) electrons. The number of amides is 2. The number of β-lactam (4-membered cyclic amide) rings is 1. The van der Waals surface area contributed by atoms with Gasteiger partial charge in [0, 0.05) is 15.8 Å². The average molecular weight is 252 g/mol. The van der Waals surface area contributed by atoms with Gasteiger partial charge in [0.05, 0.1) is 6.42 Å². The maximum atomic E-state index is 10.6. The molecule has 4 nitrogen and oxygen atoms in total. The number of carbonyl (C=O) groups is 2. The minimum atomic E-state index is -0.275. The molecule has 0 saturated carbocycles. The van der Waals surface area contributed by atoms with Crippen LogP contribution in [0.15, 0.2) is 24.3 Å². The Morgan fingerprint density at radius 3 is 2.17 bits per heavy atom. The third-order valence-electron chi connectivity index (χ3n) is 2.61. The molecule has 4 heteroatoms. The summed E-state index contributed by atoms with van der Waals surface area (Å²) in [6.45, 7) is 3.04. The quantitative estimate of drug-likeness (QED) is 0.800. The number of nitrogens with two attached hydrogens (primary N) is 1. The molecule has 1 aliphatic rings. The summed E-state index contributed by atoms with van der Waals surface area (Å²) in [5, 5.41) is 2.57. The molecule has 102 valence electrons. The Kier molecular flexibility index (Phi) is 5.91.